The van der Waals surface area contributed by atoms with Gasteiger partial charge in [-0.1, -0.05) is 17.7 Å². The van der Waals surface area contributed by atoms with Gasteiger partial charge in [-0.25, -0.2) is 0 Å². The van der Waals surface area contributed by atoms with Crippen LogP contribution in [0.1, 0.15) is 5.82 Å². The van der Waals surface area contributed by atoms with Gasteiger partial charge in [0.25, 0.3) is 5.69 Å². The topological polar surface area (TPSA) is 85.9 Å². The van der Waals surface area contributed by atoms with Crippen LogP contribution in [0, 0.1) is 10.1 Å². The van der Waals surface area contributed by atoms with Crippen LogP contribution in [0.4, 0.5) is 11.4 Å². The minimum absolute atomic E-state index is 0.0651. The Labute approximate surface area is 108 Å². The summed E-state index contributed by atoms with van der Waals surface area (Å²) in [6.07, 6.45) is 1.55. The highest BCUT2D eigenvalue weighted by Crippen LogP contribution is 2.31. The maximum atomic E-state index is 10.9. The summed E-state index contributed by atoms with van der Waals surface area (Å²) in [6.45, 7) is 0.307. The summed E-state index contributed by atoms with van der Waals surface area (Å²) in [7, 11) is 1.79. The third kappa shape index (κ3) is 2.40. The molecule has 0 saturated heterocycles. The molecule has 0 spiro atoms. The van der Waals surface area contributed by atoms with Crippen LogP contribution in [0.5, 0.6) is 0 Å². The van der Waals surface area contributed by atoms with Gasteiger partial charge in [0, 0.05) is 13.1 Å². The van der Waals surface area contributed by atoms with Gasteiger partial charge in [-0.2, -0.15) is 0 Å². The molecule has 0 saturated carbocycles. The first-order valence-electron chi connectivity index (χ1n) is 5.09. The van der Waals surface area contributed by atoms with Gasteiger partial charge in [-0.15, -0.1) is 10.2 Å². The van der Waals surface area contributed by atoms with E-state index in [1.807, 2.05) is 0 Å². The lowest BCUT2D eigenvalue weighted by atomic mass is 10.2. The van der Waals surface area contributed by atoms with Crippen molar-refractivity contribution in [2.24, 2.45) is 7.05 Å². The second kappa shape index (κ2) is 5.01. The van der Waals surface area contributed by atoms with Gasteiger partial charge < -0.3 is 9.88 Å². The summed E-state index contributed by atoms with van der Waals surface area (Å²) in [5.41, 5.74) is 0.219. The summed E-state index contributed by atoms with van der Waals surface area (Å²) in [6, 6.07) is 4.52. The average molecular weight is 268 g/mol. The maximum absolute atomic E-state index is 10.9. The summed E-state index contributed by atoms with van der Waals surface area (Å²) in [5, 5.41) is 21.7. The highest BCUT2D eigenvalue weighted by atomic mass is 35.5. The number of aromatic nitrogens is 3. The molecular formula is C10H10ClN5O2. The number of hydrogen-bond donors (Lipinski definition) is 1. The molecule has 1 aromatic carbocycles. The highest BCUT2D eigenvalue weighted by Gasteiger charge is 2.16. The summed E-state index contributed by atoms with van der Waals surface area (Å²) < 4.78 is 1.72. The van der Waals surface area contributed by atoms with Crippen molar-refractivity contribution in [2.45, 2.75) is 6.54 Å². The molecule has 0 radical (unpaired) electrons. The van der Waals surface area contributed by atoms with E-state index < -0.39 is 4.92 Å². The molecule has 0 amide bonds. The Balaban J connectivity index is 2.24. The van der Waals surface area contributed by atoms with Crippen LogP contribution >= 0.6 is 11.6 Å². The van der Waals surface area contributed by atoms with Crippen LogP contribution in [0.25, 0.3) is 0 Å². The number of halogens is 1. The number of nitro groups is 1. The second-order valence-corrected chi connectivity index (χ2v) is 4.01. The minimum Gasteiger partial charge on any atom is -0.371 e. The van der Waals surface area contributed by atoms with Gasteiger partial charge in [-0.05, 0) is 6.07 Å². The molecule has 0 aliphatic rings. The summed E-state index contributed by atoms with van der Waals surface area (Å²) in [4.78, 5) is 10.4. The molecule has 0 unspecified atom stereocenters. The molecule has 2 rings (SSSR count). The zero-order chi connectivity index (χ0) is 13.1. The molecular weight excluding hydrogens is 258 g/mol. The molecule has 0 aliphatic carbocycles. The zero-order valence-electron chi connectivity index (χ0n) is 9.50. The van der Waals surface area contributed by atoms with Crippen LogP contribution < -0.4 is 5.32 Å². The van der Waals surface area contributed by atoms with Crippen molar-refractivity contribution in [1.82, 2.24) is 14.8 Å². The molecule has 8 heteroatoms. The van der Waals surface area contributed by atoms with E-state index in [0.717, 1.165) is 0 Å². The maximum Gasteiger partial charge on any atom is 0.293 e. The highest BCUT2D eigenvalue weighted by molar-refractivity contribution is 6.33. The molecule has 94 valence electrons. The Bertz CT molecular complexity index is 583. The van der Waals surface area contributed by atoms with E-state index in [1.165, 1.54) is 12.1 Å². The molecule has 0 aliphatic heterocycles. The summed E-state index contributed by atoms with van der Waals surface area (Å²) >= 11 is 5.94. The van der Waals surface area contributed by atoms with Crippen LogP contribution in [-0.4, -0.2) is 19.7 Å². The predicted octanol–water partition coefficient (Wildman–Crippen LogP) is 1.99. The quantitative estimate of drug-likeness (QED) is 0.676. The SMILES string of the molecule is Cn1cnnc1CNc1c(Cl)cccc1[N+](=O)[O-]. The number of nitrogens with zero attached hydrogens (tertiary/aromatic N) is 4. The number of para-hydroxylation sites is 1. The van der Waals surface area contributed by atoms with Crippen molar-refractivity contribution in [2.75, 3.05) is 5.32 Å². The van der Waals surface area contributed by atoms with E-state index >= 15 is 0 Å². The number of anilines is 1. The lowest BCUT2D eigenvalue weighted by Crippen LogP contribution is -2.07. The van der Waals surface area contributed by atoms with Crippen molar-refractivity contribution in [3.05, 3.63) is 45.5 Å². The van der Waals surface area contributed by atoms with E-state index in [0.29, 0.717) is 17.4 Å². The van der Waals surface area contributed by atoms with E-state index in [1.54, 1.807) is 24.0 Å². The molecule has 7 nitrogen and oxygen atoms in total. The van der Waals surface area contributed by atoms with E-state index in [4.69, 9.17) is 11.6 Å². The van der Waals surface area contributed by atoms with Crippen molar-refractivity contribution < 1.29 is 4.92 Å². The van der Waals surface area contributed by atoms with E-state index in [9.17, 15) is 10.1 Å². The number of benzene rings is 1. The Kier molecular flexibility index (Phi) is 3.42. The number of aryl methyl sites for hydroxylation is 1. The van der Waals surface area contributed by atoms with Gasteiger partial charge in [0.2, 0.25) is 0 Å². The van der Waals surface area contributed by atoms with Crippen molar-refractivity contribution in [3.63, 3.8) is 0 Å². The van der Waals surface area contributed by atoms with Crippen LogP contribution in [-0.2, 0) is 13.6 Å². The summed E-state index contributed by atoms with van der Waals surface area (Å²) in [5.74, 6) is 0.657. The fourth-order valence-electron chi connectivity index (χ4n) is 1.47. The first-order chi connectivity index (χ1) is 8.59. The molecule has 1 heterocycles. The van der Waals surface area contributed by atoms with Gasteiger partial charge in [0.05, 0.1) is 16.5 Å². The van der Waals surface area contributed by atoms with Crippen molar-refractivity contribution in [1.29, 1.82) is 0 Å². The number of rotatable bonds is 4. The van der Waals surface area contributed by atoms with Crippen LogP contribution in [0.2, 0.25) is 5.02 Å². The van der Waals surface area contributed by atoms with E-state index in [-0.39, 0.29) is 11.4 Å². The standard InChI is InChI=1S/C10H10ClN5O2/c1-15-6-13-14-9(15)5-12-10-7(11)3-2-4-8(10)16(17)18/h2-4,6,12H,5H2,1H3. The van der Waals surface area contributed by atoms with Gasteiger partial charge >= 0.3 is 0 Å². The number of hydrogen-bond acceptors (Lipinski definition) is 5. The Morgan fingerprint density at radius 1 is 1.56 bits per heavy atom. The second-order valence-electron chi connectivity index (χ2n) is 3.60. The number of nitro benzene ring substituents is 1. The van der Waals surface area contributed by atoms with Gasteiger partial charge in [-0.3, -0.25) is 10.1 Å². The average Bonchev–Trinajstić information content (AvgIpc) is 2.73. The minimum atomic E-state index is -0.481. The molecule has 0 bridgehead atoms. The Hall–Kier alpha value is -2.15. The van der Waals surface area contributed by atoms with Crippen molar-refractivity contribution >= 4 is 23.0 Å². The smallest absolute Gasteiger partial charge is 0.293 e. The first-order valence-corrected chi connectivity index (χ1v) is 5.47. The molecule has 1 aromatic heterocycles. The lowest BCUT2D eigenvalue weighted by molar-refractivity contribution is -0.384. The van der Waals surface area contributed by atoms with Crippen LogP contribution in [0.3, 0.4) is 0 Å². The molecule has 2 aromatic rings. The third-order valence-electron chi connectivity index (χ3n) is 2.42. The fraction of sp³-hybridized carbons (Fsp3) is 0.200. The predicted molar refractivity (Wildman–Crippen MR) is 66.4 cm³/mol. The molecule has 0 fully saturated rings. The number of nitrogens with one attached hydrogen (secondary N) is 1. The Morgan fingerprint density at radius 2 is 2.33 bits per heavy atom. The monoisotopic (exact) mass is 267 g/mol. The zero-order valence-corrected chi connectivity index (χ0v) is 10.3. The first kappa shape index (κ1) is 12.3. The normalized spacial score (nSPS) is 10.3. The fourth-order valence-corrected chi connectivity index (χ4v) is 1.71. The van der Waals surface area contributed by atoms with E-state index in [2.05, 4.69) is 15.5 Å². The van der Waals surface area contributed by atoms with Gasteiger partial charge in [0.1, 0.15) is 12.0 Å². The van der Waals surface area contributed by atoms with Crippen LogP contribution in [0.15, 0.2) is 24.5 Å². The van der Waals surface area contributed by atoms with Crippen molar-refractivity contribution in [3.8, 4) is 0 Å². The molecule has 1 N–H and O–H groups in total. The molecule has 18 heavy (non-hydrogen) atoms. The van der Waals surface area contributed by atoms with Gasteiger partial charge in [0.15, 0.2) is 5.82 Å². The lowest BCUT2D eigenvalue weighted by Gasteiger charge is -2.08. The largest absolute Gasteiger partial charge is 0.371 e. The third-order valence-corrected chi connectivity index (χ3v) is 2.73. The Morgan fingerprint density at radius 3 is 2.94 bits per heavy atom. The molecule has 0 atom stereocenters.